The fourth-order valence-corrected chi connectivity index (χ4v) is 1.71. The lowest BCUT2D eigenvalue weighted by molar-refractivity contribution is -0.178. The fourth-order valence-electron chi connectivity index (χ4n) is 1.71. The van der Waals surface area contributed by atoms with Crippen molar-refractivity contribution in [3.63, 3.8) is 0 Å². The normalized spacial score (nSPS) is 11.6. The lowest BCUT2D eigenvalue weighted by atomic mass is 9.99. The smallest absolute Gasteiger partial charge is 0.305 e. The maximum Gasteiger partial charge on any atom is 0.305 e. The molecule has 0 atom stereocenters. The van der Waals surface area contributed by atoms with E-state index in [1.165, 1.54) is 13.8 Å². The summed E-state index contributed by atoms with van der Waals surface area (Å²) >= 11 is 0. The number of benzene rings is 1. The monoisotopic (exact) mass is 276 g/mol. The molecule has 0 aliphatic rings. The number of rotatable bonds is 5. The number of carbonyl (C=O) groups is 2. The Morgan fingerprint density at radius 2 is 1.50 bits per heavy atom. The van der Waals surface area contributed by atoms with Gasteiger partial charge in [0.1, 0.15) is 0 Å². The van der Waals surface area contributed by atoms with Crippen molar-refractivity contribution >= 4 is 18.0 Å². The van der Waals surface area contributed by atoms with E-state index in [0.717, 1.165) is 11.1 Å². The van der Waals surface area contributed by atoms with Gasteiger partial charge in [0.25, 0.3) is 6.29 Å². The fraction of sp³-hybridized carbons (Fsp3) is 0.375. The largest absolute Gasteiger partial charge is 0.421 e. The molecule has 0 saturated heterocycles. The summed E-state index contributed by atoms with van der Waals surface area (Å²) in [5.41, 5.74) is 1.70. The summed E-state index contributed by atoms with van der Waals surface area (Å²) in [6.07, 6.45) is 0.895. The summed E-state index contributed by atoms with van der Waals surface area (Å²) in [6.45, 7) is 6.48. The first kappa shape index (κ1) is 16.0. The molecule has 20 heavy (non-hydrogen) atoms. The highest BCUT2D eigenvalue weighted by Gasteiger charge is 2.23. The summed E-state index contributed by atoms with van der Waals surface area (Å²) in [6, 6.07) is 9.61. The molecule has 0 unspecified atom stereocenters. The zero-order chi connectivity index (χ0) is 15.1. The van der Waals surface area contributed by atoms with Crippen LogP contribution in [-0.2, 0) is 19.1 Å². The first-order valence-corrected chi connectivity index (χ1v) is 6.51. The van der Waals surface area contributed by atoms with Crippen LogP contribution in [0.2, 0.25) is 0 Å². The zero-order valence-electron chi connectivity index (χ0n) is 12.3. The lowest BCUT2D eigenvalue weighted by Gasteiger charge is -2.22. The highest BCUT2D eigenvalue weighted by molar-refractivity contribution is 5.69. The number of esters is 2. The SMILES string of the molecule is CC(=O)OC(OC(C)=O)C(=Cc1ccccc1)C(C)C. The Balaban J connectivity index is 3.10. The van der Waals surface area contributed by atoms with Crippen molar-refractivity contribution in [1.29, 1.82) is 0 Å². The van der Waals surface area contributed by atoms with Crippen molar-refractivity contribution in [2.75, 3.05) is 0 Å². The van der Waals surface area contributed by atoms with E-state index in [1.807, 2.05) is 50.3 Å². The van der Waals surface area contributed by atoms with E-state index in [4.69, 9.17) is 9.47 Å². The molecule has 0 radical (unpaired) electrons. The Bertz CT molecular complexity index is 472. The number of ether oxygens (including phenoxy) is 2. The summed E-state index contributed by atoms with van der Waals surface area (Å²) in [5, 5.41) is 0. The first-order valence-electron chi connectivity index (χ1n) is 6.51. The van der Waals surface area contributed by atoms with Gasteiger partial charge in [0.2, 0.25) is 0 Å². The van der Waals surface area contributed by atoms with Crippen LogP contribution in [-0.4, -0.2) is 18.2 Å². The third kappa shape index (κ3) is 5.26. The van der Waals surface area contributed by atoms with E-state index in [9.17, 15) is 9.59 Å². The Morgan fingerprint density at radius 1 is 1.00 bits per heavy atom. The Morgan fingerprint density at radius 3 is 1.90 bits per heavy atom. The molecule has 0 spiro atoms. The van der Waals surface area contributed by atoms with Crippen LogP contribution < -0.4 is 0 Å². The number of carbonyl (C=O) groups excluding carboxylic acids is 2. The van der Waals surface area contributed by atoms with Crippen LogP contribution in [0.15, 0.2) is 35.9 Å². The minimum absolute atomic E-state index is 0.0684. The van der Waals surface area contributed by atoms with E-state index in [0.29, 0.717) is 0 Å². The van der Waals surface area contributed by atoms with Crippen molar-refractivity contribution in [1.82, 2.24) is 0 Å². The summed E-state index contributed by atoms with van der Waals surface area (Å²) in [5.74, 6) is -0.911. The third-order valence-corrected chi connectivity index (χ3v) is 2.62. The molecule has 0 amide bonds. The quantitative estimate of drug-likeness (QED) is 0.612. The van der Waals surface area contributed by atoms with Gasteiger partial charge in [0.15, 0.2) is 0 Å². The van der Waals surface area contributed by atoms with Crippen LogP contribution >= 0.6 is 0 Å². The molecule has 1 aromatic carbocycles. The van der Waals surface area contributed by atoms with Crippen molar-refractivity contribution in [3.8, 4) is 0 Å². The Labute approximate surface area is 119 Å². The van der Waals surface area contributed by atoms with Gasteiger partial charge in [0.05, 0.1) is 0 Å². The van der Waals surface area contributed by atoms with Gasteiger partial charge in [-0.15, -0.1) is 0 Å². The Kier molecular flexibility index (Phi) is 5.97. The second kappa shape index (κ2) is 7.48. The van der Waals surface area contributed by atoms with Crippen LogP contribution in [0.1, 0.15) is 33.3 Å². The lowest BCUT2D eigenvalue weighted by Crippen LogP contribution is -2.26. The van der Waals surface area contributed by atoms with E-state index in [2.05, 4.69) is 0 Å². The molecule has 0 heterocycles. The molecule has 0 saturated carbocycles. The van der Waals surface area contributed by atoms with Gasteiger partial charge in [-0.05, 0) is 17.6 Å². The van der Waals surface area contributed by atoms with E-state index >= 15 is 0 Å². The zero-order valence-corrected chi connectivity index (χ0v) is 12.3. The van der Waals surface area contributed by atoms with Gasteiger partial charge in [-0.25, -0.2) is 0 Å². The van der Waals surface area contributed by atoms with Crippen LogP contribution in [0, 0.1) is 5.92 Å². The molecule has 0 aliphatic heterocycles. The van der Waals surface area contributed by atoms with Crippen LogP contribution in [0.4, 0.5) is 0 Å². The summed E-state index contributed by atoms with van der Waals surface area (Å²) < 4.78 is 10.2. The van der Waals surface area contributed by atoms with E-state index < -0.39 is 18.2 Å². The topological polar surface area (TPSA) is 52.6 Å². The molecule has 0 aliphatic carbocycles. The summed E-state index contributed by atoms with van der Waals surface area (Å²) in [7, 11) is 0. The van der Waals surface area contributed by atoms with Crippen molar-refractivity contribution in [2.45, 2.75) is 34.0 Å². The highest BCUT2D eigenvalue weighted by Crippen LogP contribution is 2.22. The molecular formula is C16H20O4. The highest BCUT2D eigenvalue weighted by atomic mass is 16.7. The van der Waals surface area contributed by atoms with Gasteiger partial charge in [-0.2, -0.15) is 0 Å². The van der Waals surface area contributed by atoms with Gasteiger partial charge in [-0.1, -0.05) is 44.2 Å². The molecule has 0 aromatic heterocycles. The van der Waals surface area contributed by atoms with E-state index in [-0.39, 0.29) is 5.92 Å². The average Bonchev–Trinajstić information content (AvgIpc) is 2.35. The molecule has 0 bridgehead atoms. The second-order valence-corrected chi connectivity index (χ2v) is 4.76. The maximum atomic E-state index is 11.2. The average molecular weight is 276 g/mol. The molecule has 0 fully saturated rings. The maximum absolute atomic E-state index is 11.2. The second-order valence-electron chi connectivity index (χ2n) is 4.76. The Hall–Kier alpha value is -2.10. The van der Waals surface area contributed by atoms with Crippen molar-refractivity contribution in [2.24, 2.45) is 5.92 Å². The number of hydrogen-bond acceptors (Lipinski definition) is 4. The van der Waals surface area contributed by atoms with Crippen molar-refractivity contribution < 1.29 is 19.1 Å². The van der Waals surface area contributed by atoms with Crippen molar-refractivity contribution in [3.05, 3.63) is 41.5 Å². The van der Waals surface area contributed by atoms with Gasteiger partial charge in [-0.3, -0.25) is 9.59 Å². The molecule has 1 rings (SSSR count). The molecule has 108 valence electrons. The number of hydrogen-bond donors (Lipinski definition) is 0. The van der Waals surface area contributed by atoms with Crippen LogP contribution in [0.3, 0.4) is 0 Å². The molecule has 4 heteroatoms. The summed E-state index contributed by atoms with van der Waals surface area (Å²) in [4.78, 5) is 22.3. The van der Waals surface area contributed by atoms with Crippen LogP contribution in [0.25, 0.3) is 6.08 Å². The minimum Gasteiger partial charge on any atom is -0.421 e. The first-order chi connectivity index (χ1) is 9.40. The van der Waals surface area contributed by atoms with Gasteiger partial charge >= 0.3 is 11.9 Å². The van der Waals surface area contributed by atoms with Gasteiger partial charge < -0.3 is 9.47 Å². The standard InChI is InChI=1S/C16H20O4/c1-11(2)15(10-14-8-6-5-7-9-14)16(19-12(3)17)20-13(4)18/h5-11,16H,1-4H3. The predicted molar refractivity (Wildman–Crippen MR) is 76.6 cm³/mol. The van der Waals surface area contributed by atoms with Gasteiger partial charge in [0, 0.05) is 19.4 Å². The predicted octanol–water partition coefficient (Wildman–Crippen LogP) is 3.18. The molecule has 0 N–H and O–H groups in total. The molecule has 1 aromatic rings. The molecular weight excluding hydrogens is 256 g/mol. The minimum atomic E-state index is -0.981. The molecule has 4 nitrogen and oxygen atoms in total. The van der Waals surface area contributed by atoms with E-state index in [1.54, 1.807) is 0 Å². The van der Waals surface area contributed by atoms with Crippen LogP contribution in [0.5, 0.6) is 0 Å². The third-order valence-electron chi connectivity index (χ3n) is 2.62.